The van der Waals surface area contributed by atoms with Gasteiger partial charge in [-0.25, -0.2) is 4.79 Å². The minimum Gasteiger partial charge on any atom is -0.383 e. The van der Waals surface area contributed by atoms with Crippen molar-refractivity contribution < 1.29 is 17.4 Å². The molecule has 0 aliphatic heterocycles. The van der Waals surface area contributed by atoms with Crippen molar-refractivity contribution in [2.45, 2.75) is 46.2 Å². The first-order chi connectivity index (χ1) is 13.2. The molecular weight excluding hydrogens is 376 g/mol. The van der Waals surface area contributed by atoms with Gasteiger partial charge >= 0.3 is 16.1 Å². The highest BCUT2D eigenvalue weighted by Crippen LogP contribution is 2.19. The molecule has 28 heavy (non-hydrogen) atoms. The minimum atomic E-state index is -3.56. The molecule has 0 saturated carbocycles. The molecule has 0 bridgehead atoms. The number of benzene rings is 2. The lowest BCUT2D eigenvalue weighted by Gasteiger charge is -2.29. The molecule has 1 atom stereocenters. The third-order valence-electron chi connectivity index (χ3n) is 4.49. The predicted molar refractivity (Wildman–Crippen MR) is 112 cm³/mol. The largest absolute Gasteiger partial charge is 0.383 e. The Balaban J connectivity index is 2.13. The molecular formula is C21H28N2O4S. The zero-order valence-corrected chi connectivity index (χ0v) is 17.6. The predicted octanol–water partition coefficient (Wildman–Crippen LogP) is 4.42. The Morgan fingerprint density at radius 1 is 1.11 bits per heavy atom. The van der Waals surface area contributed by atoms with Crippen molar-refractivity contribution in [2.24, 2.45) is 0 Å². The third kappa shape index (κ3) is 6.56. The van der Waals surface area contributed by atoms with E-state index in [0.29, 0.717) is 6.54 Å². The highest BCUT2D eigenvalue weighted by molar-refractivity contribution is 7.86. The maximum absolute atomic E-state index is 12.9. The van der Waals surface area contributed by atoms with Crippen LogP contribution in [0.25, 0.3) is 0 Å². The Bertz CT molecular complexity index is 895. The average Bonchev–Trinajstić information content (AvgIpc) is 2.65. The number of carbonyl (C=O) groups excluding carboxylic acids is 1. The van der Waals surface area contributed by atoms with Crippen molar-refractivity contribution in [2.75, 3.05) is 11.6 Å². The van der Waals surface area contributed by atoms with Crippen LogP contribution in [0.2, 0.25) is 0 Å². The fourth-order valence-corrected chi connectivity index (χ4v) is 3.20. The van der Waals surface area contributed by atoms with Crippen LogP contribution in [0.1, 0.15) is 38.3 Å². The smallest absolute Gasteiger partial charge is 0.322 e. The molecule has 0 spiro atoms. The Morgan fingerprint density at radius 3 is 2.36 bits per heavy atom. The van der Waals surface area contributed by atoms with Crippen molar-refractivity contribution in [3.05, 3.63) is 59.7 Å². The second kappa shape index (κ2) is 9.59. The van der Waals surface area contributed by atoms with Crippen LogP contribution in [0, 0.1) is 0 Å². The molecule has 0 heterocycles. The fourth-order valence-electron chi connectivity index (χ4n) is 2.73. The summed E-state index contributed by atoms with van der Waals surface area (Å²) in [7, 11) is -3.56. The van der Waals surface area contributed by atoms with Crippen LogP contribution in [0.3, 0.4) is 0 Å². The Hall–Kier alpha value is -2.54. The van der Waals surface area contributed by atoms with Gasteiger partial charge in [0.05, 0.1) is 6.26 Å². The fraction of sp³-hybridized carbons (Fsp3) is 0.381. The summed E-state index contributed by atoms with van der Waals surface area (Å²) in [5, 5.41) is 2.98. The van der Waals surface area contributed by atoms with Gasteiger partial charge in [0.2, 0.25) is 0 Å². The van der Waals surface area contributed by atoms with Crippen molar-refractivity contribution in [3.8, 4) is 5.75 Å². The molecule has 1 N–H and O–H groups in total. The molecule has 0 radical (unpaired) electrons. The Kier molecular flexibility index (Phi) is 7.45. The van der Waals surface area contributed by atoms with Crippen molar-refractivity contribution in [1.82, 2.24) is 4.90 Å². The number of nitrogens with one attached hydrogen (secondary N) is 1. The van der Waals surface area contributed by atoms with E-state index in [4.69, 9.17) is 4.18 Å². The lowest BCUT2D eigenvalue weighted by atomic mass is 10.1. The maximum Gasteiger partial charge on any atom is 0.322 e. The van der Waals surface area contributed by atoms with Crippen LogP contribution in [-0.4, -0.2) is 31.6 Å². The molecule has 2 aromatic rings. The zero-order valence-electron chi connectivity index (χ0n) is 16.8. The summed E-state index contributed by atoms with van der Waals surface area (Å²) in [4.78, 5) is 14.7. The number of hydrogen-bond donors (Lipinski definition) is 1. The van der Waals surface area contributed by atoms with Gasteiger partial charge in [-0.2, -0.15) is 8.42 Å². The molecule has 1 unspecified atom stereocenters. The van der Waals surface area contributed by atoms with Crippen LogP contribution < -0.4 is 9.50 Å². The molecule has 2 amide bonds. The summed E-state index contributed by atoms with van der Waals surface area (Å²) >= 11 is 0. The summed E-state index contributed by atoms with van der Waals surface area (Å²) in [6.07, 6.45) is 2.72. The van der Waals surface area contributed by atoms with Gasteiger partial charge in [0, 0.05) is 18.3 Å². The number of rotatable bonds is 8. The van der Waals surface area contributed by atoms with E-state index in [1.54, 1.807) is 29.2 Å². The van der Waals surface area contributed by atoms with Gasteiger partial charge in [-0.15, -0.1) is 0 Å². The Labute approximate surface area is 167 Å². The van der Waals surface area contributed by atoms with Gasteiger partial charge in [0.25, 0.3) is 0 Å². The van der Waals surface area contributed by atoms with Gasteiger partial charge in [-0.1, -0.05) is 38.1 Å². The number of urea groups is 1. The normalized spacial score (nSPS) is 12.3. The molecule has 0 aromatic heterocycles. The van der Waals surface area contributed by atoms with E-state index in [9.17, 15) is 13.2 Å². The Morgan fingerprint density at radius 2 is 1.79 bits per heavy atom. The zero-order chi connectivity index (χ0) is 20.7. The molecule has 0 fully saturated rings. The maximum atomic E-state index is 12.9. The van der Waals surface area contributed by atoms with Gasteiger partial charge in [0.15, 0.2) is 0 Å². The first-order valence-electron chi connectivity index (χ1n) is 9.36. The molecule has 7 heteroatoms. The van der Waals surface area contributed by atoms with Gasteiger partial charge in [-0.05, 0) is 55.2 Å². The lowest BCUT2D eigenvalue weighted by molar-refractivity contribution is 0.187. The first-order valence-corrected chi connectivity index (χ1v) is 11.2. The summed E-state index contributed by atoms with van der Waals surface area (Å²) in [6, 6.07) is 14.4. The van der Waals surface area contributed by atoms with E-state index in [0.717, 1.165) is 35.9 Å². The molecule has 2 rings (SSSR count). The summed E-state index contributed by atoms with van der Waals surface area (Å²) in [6.45, 7) is 6.52. The summed E-state index contributed by atoms with van der Waals surface area (Å²) in [5.74, 6) is 0.252. The van der Waals surface area contributed by atoms with Gasteiger partial charge in [-0.3, -0.25) is 0 Å². The number of carbonyl (C=O) groups is 1. The van der Waals surface area contributed by atoms with Crippen molar-refractivity contribution >= 4 is 21.8 Å². The van der Waals surface area contributed by atoms with E-state index >= 15 is 0 Å². The quantitative estimate of drug-likeness (QED) is 0.661. The molecule has 0 aliphatic carbocycles. The second-order valence-corrected chi connectivity index (χ2v) is 8.38. The van der Waals surface area contributed by atoms with E-state index < -0.39 is 10.1 Å². The van der Waals surface area contributed by atoms with E-state index in [2.05, 4.69) is 12.2 Å². The molecule has 0 aliphatic rings. The van der Waals surface area contributed by atoms with Crippen LogP contribution in [0.15, 0.2) is 48.5 Å². The van der Waals surface area contributed by atoms with Crippen LogP contribution in [0.5, 0.6) is 5.75 Å². The van der Waals surface area contributed by atoms with Gasteiger partial charge in [0.1, 0.15) is 5.75 Å². The average molecular weight is 405 g/mol. The standard InChI is InChI=1S/C21H28N2O4S/c1-5-16(3)23(21(24)22-19-9-7-8-17(6-2)14-19)15-18-10-12-20(13-11-18)27-28(4,25)26/h7-14,16H,5-6,15H2,1-4H3,(H,22,24). The molecule has 152 valence electrons. The second-order valence-electron chi connectivity index (χ2n) is 6.80. The number of nitrogens with zero attached hydrogens (tertiary/aromatic N) is 1. The minimum absolute atomic E-state index is 0.0429. The van der Waals surface area contributed by atoms with E-state index in [1.165, 1.54) is 0 Å². The van der Waals surface area contributed by atoms with E-state index in [1.807, 2.05) is 38.1 Å². The van der Waals surface area contributed by atoms with E-state index in [-0.39, 0.29) is 17.8 Å². The molecule has 2 aromatic carbocycles. The SMILES string of the molecule is CCc1cccc(NC(=O)N(Cc2ccc(OS(C)(=O)=O)cc2)C(C)CC)c1. The van der Waals surface area contributed by atoms with Crippen molar-refractivity contribution in [3.63, 3.8) is 0 Å². The summed E-state index contributed by atoms with van der Waals surface area (Å²) in [5.41, 5.74) is 2.82. The number of amides is 2. The summed E-state index contributed by atoms with van der Waals surface area (Å²) < 4.78 is 27.3. The topological polar surface area (TPSA) is 75.7 Å². The third-order valence-corrected chi connectivity index (χ3v) is 4.99. The molecule has 0 saturated heterocycles. The lowest BCUT2D eigenvalue weighted by Crippen LogP contribution is -2.40. The van der Waals surface area contributed by atoms with Gasteiger partial charge < -0.3 is 14.4 Å². The number of anilines is 1. The number of aryl methyl sites for hydroxylation is 1. The highest BCUT2D eigenvalue weighted by Gasteiger charge is 2.19. The highest BCUT2D eigenvalue weighted by atomic mass is 32.2. The van der Waals surface area contributed by atoms with Crippen molar-refractivity contribution in [1.29, 1.82) is 0 Å². The van der Waals surface area contributed by atoms with Crippen LogP contribution in [0.4, 0.5) is 10.5 Å². The monoisotopic (exact) mass is 404 g/mol. The van der Waals surface area contributed by atoms with Crippen LogP contribution in [-0.2, 0) is 23.1 Å². The number of hydrogen-bond acceptors (Lipinski definition) is 4. The first kappa shape index (κ1) is 21.8. The molecule has 6 nitrogen and oxygen atoms in total. The van der Waals surface area contributed by atoms with Crippen LogP contribution >= 0.6 is 0 Å².